The van der Waals surface area contributed by atoms with E-state index in [2.05, 4.69) is 15.9 Å². The molecule has 0 aliphatic heterocycles. The van der Waals surface area contributed by atoms with Crippen molar-refractivity contribution in [1.82, 2.24) is 0 Å². The minimum Gasteiger partial charge on any atom is -0.258 e. The van der Waals surface area contributed by atoms with Crippen molar-refractivity contribution < 1.29 is 9.31 Å². The van der Waals surface area contributed by atoms with Crippen LogP contribution in [0.25, 0.3) is 10.1 Å². The number of fused-ring (bicyclic) bond motifs is 1. The topological polar surface area (TPSA) is 43.1 Å². The van der Waals surface area contributed by atoms with Crippen LogP contribution in [-0.2, 0) is 0 Å². The average molecular weight is 276 g/mol. The fourth-order valence-corrected chi connectivity index (χ4v) is 2.74. The van der Waals surface area contributed by atoms with E-state index in [1.807, 2.05) is 0 Å². The van der Waals surface area contributed by atoms with Crippen molar-refractivity contribution in [2.24, 2.45) is 0 Å². The molecule has 0 unspecified atom stereocenters. The number of hydrogen-bond acceptors (Lipinski definition) is 3. The summed E-state index contributed by atoms with van der Waals surface area (Å²) in [6.45, 7) is 0. The summed E-state index contributed by atoms with van der Waals surface area (Å²) in [5, 5.41) is 12.0. The fourth-order valence-electron chi connectivity index (χ4n) is 1.20. The van der Waals surface area contributed by atoms with Gasteiger partial charge in [0.25, 0.3) is 5.69 Å². The van der Waals surface area contributed by atoms with Gasteiger partial charge >= 0.3 is 0 Å². The van der Waals surface area contributed by atoms with Crippen molar-refractivity contribution in [3.63, 3.8) is 0 Å². The van der Waals surface area contributed by atoms with Crippen LogP contribution in [0.4, 0.5) is 10.1 Å². The lowest BCUT2D eigenvalue weighted by Crippen LogP contribution is -1.87. The third-order valence-corrected chi connectivity index (χ3v) is 3.72. The lowest BCUT2D eigenvalue weighted by molar-refractivity contribution is -0.382. The van der Waals surface area contributed by atoms with Crippen LogP contribution in [0, 0.1) is 15.9 Å². The molecule has 72 valence electrons. The molecule has 0 fully saturated rings. The lowest BCUT2D eigenvalue weighted by Gasteiger charge is -1.94. The molecule has 0 atom stereocenters. The standard InChI is InChI=1S/C8H3BrFNO2S/c9-4-1-2-5(10)7-6(11(12)13)3-14-8(4)7/h1-3H. The molecule has 0 spiro atoms. The van der Waals surface area contributed by atoms with Gasteiger partial charge in [0.05, 0.1) is 15.0 Å². The van der Waals surface area contributed by atoms with E-state index in [9.17, 15) is 14.5 Å². The van der Waals surface area contributed by atoms with Crippen LogP contribution >= 0.6 is 27.3 Å². The summed E-state index contributed by atoms with van der Waals surface area (Å²) in [4.78, 5) is 9.99. The SMILES string of the molecule is O=[N+]([O-])c1csc2c(Br)ccc(F)c12. The number of benzene rings is 1. The predicted molar refractivity (Wildman–Crippen MR) is 56.1 cm³/mol. The van der Waals surface area contributed by atoms with E-state index < -0.39 is 10.7 Å². The Bertz CT molecular complexity index is 525. The molecular weight excluding hydrogens is 273 g/mol. The summed E-state index contributed by atoms with van der Waals surface area (Å²) < 4.78 is 14.5. The highest BCUT2D eigenvalue weighted by molar-refractivity contribution is 9.10. The summed E-state index contributed by atoms with van der Waals surface area (Å²) in [6.07, 6.45) is 0. The maximum Gasteiger partial charge on any atom is 0.290 e. The average Bonchev–Trinajstić information content (AvgIpc) is 2.56. The van der Waals surface area contributed by atoms with E-state index in [0.29, 0.717) is 9.17 Å². The molecule has 0 N–H and O–H groups in total. The van der Waals surface area contributed by atoms with Gasteiger partial charge in [-0.05, 0) is 28.1 Å². The lowest BCUT2D eigenvalue weighted by atomic mass is 10.2. The zero-order valence-corrected chi connectivity index (χ0v) is 9.06. The molecule has 6 heteroatoms. The number of rotatable bonds is 1. The van der Waals surface area contributed by atoms with Crippen LogP contribution in [0.15, 0.2) is 22.0 Å². The largest absolute Gasteiger partial charge is 0.290 e. The zero-order valence-electron chi connectivity index (χ0n) is 6.66. The normalized spacial score (nSPS) is 10.7. The zero-order chi connectivity index (χ0) is 10.3. The summed E-state index contributed by atoms with van der Waals surface area (Å²) in [5.41, 5.74) is -0.177. The molecule has 1 heterocycles. The molecule has 0 bridgehead atoms. The Morgan fingerprint density at radius 1 is 1.50 bits per heavy atom. The van der Waals surface area contributed by atoms with Gasteiger partial charge in [-0.3, -0.25) is 10.1 Å². The van der Waals surface area contributed by atoms with Crippen LogP contribution in [0.1, 0.15) is 0 Å². The van der Waals surface area contributed by atoms with Gasteiger partial charge in [-0.25, -0.2) is 4.39 Å². The van der Waals surface area contributed by atoms with Gasteiger partial charge in [0.2, 0.25) is 0 Å². The Labute approximate surface area is 90.4 Å². The summed E-state index contributed by atoms with van der Waals surface area (Å²) in [7, 11) is 0. The highest BCUT2D eigenvalue weighted by Gasteiger charge is 2.19. The molecule has 0 saturated heterocycles. The first kappa shape index (κ1) is 9.54. The molecule has 0 aliphatic carbocycles. The Morgan fingerprint density at radius 2 is 2.21 bits per heavy atom. The number of hydrogen-bond donors (Lipinski definition) is 0. The fraction of sp³-hybridized carbons (Fsp3) is 0. The first-order valence-corrected chi connectivity index (χ1v) is 5.28. The number of nitrogens with zero attached hydrogens (tertiary/aromatic N) is 1. The third kappa shape index (κ3) is 1.31. The highest BCUT2D eigenvalue weighted by Crippen LogP contribution is 2.38. The van der Waals surface area contributed by atoms with Gasteiger partial charge in [-0.15, -0.1) is 11.3 Å². The van der Waals surface area contributed by atoms with Gasteiger partial charge in [0.1, 0.15) is 11.2 Å². The van der Waals surface area contributed by atoms with Crippen LogP contribution in [0.5, 0.6) is 0 Å². The molecule has 0 amide bonds. The van der Waals surface area contributed by atoms with Gasteiger partial charge in [0, 0.05) is 4.47 Å². The van der Waals surface area contributed by atoms with Crippen LogP contribution in [-0.4, -0.2) is 4.92 Å². The molecule has 0 aliphatic rings. The van der Waals surface area contributed by atoms with E-state index in [1.54, 1.807) is 0 Å². The van der Waals surface area contributed by atoms with E-state index in [0.717, 1.165) is 11.3 Å². The van der Waals surface area contributed by atoms with Crippen molar-refractivity contribution in [2.75, 3.05) is 0 Å². The molecule has 0 radical (unpaired) electrons. The third-order valence-electron chi connectivity index (χ3n) is 1.80. The van der Waals surface area contributed by atoms with Crippen LogP contribution in [0.2, 0.25) is 0 Å². The van der Waals surface area contributed by atoms with Gasteiger partial charge in [-0.2, -0.15) is 0 Å². The first-order valence-electron chi connectivity index (χ1n) is 3.61. The van der Waals surface area contributed by atoms with E-state index in [-0.39, 0.29) is 11.1 Å². The second-order valence-corrected chi connectivity index (χ2v) is 4.35. The number of halogens is 2. The number of thiophene rings is 1. The molecule has 14 heavy (non-hydrogen) atoms. The first-order chi connectivity index (χ1) is 6.61. The molecule has 3 nitrogen and oxygen atoms in total. The predicted octanol–water partition coefficient (Wildman–Crippen LogP) is 3.71. The van der Waals surface area contributed by atoms with Gasteiger partial charge in [0.15, 0.2) is 0 Å². The second kappa shape index (κ2) is 3.29. The molecule has 1 aromatic carbocycles. The van der Waals surface area contributed by atoms with Crippen LogP contribution in [0.3, 0.4) is 0 Å². The smallest absolute Gasteiger partial charge is 0.258 e. The van der Waals surface area contributed by atoms with Gasteiger partial charge < -0.3 is 0 Å². The maximum atomic E-state index is 13.3. The molecule has 1 aromatic heterocycles. The monoisotopic (exact) mass is 275 g/mol. The maximum absolute atomic E-state index is 13.3. The van der Waals surface area contributed by atoms with Crippen molar-refractivity contribution in [2.45, 2.75) is 0 Å². The van der Waals surface area contributed by atoms with Crippen LogP contribution < -0.4 is 0 Å². The Morgan fingerprint density at radius 3 is 2.86 bits per heavy atom. The second-order valence-electron chi connectivity index (χ2n) is 2.61. The van der Waals surface area contributed by atoms with E-state index in [4.69, 9.17) is 0 Å². The Balaban J connectivity index is 2.90. The Kier molecular flexibility index (Phi) is 2.24. The number of nitro groups is 1. The molecule has 2 aromatic rings. The minimum atomic E-state index is -0.575. The van der Waals surface area contributed by atoms with Crippen molar-refractivity contribution >= 4 is 43.0 Å². The van der Waals surface area contributed by atoms with Gasteiger partial charge in [-0.1, -0.05) is 0 Å². The van der Waals surface area contributed by atoms with E-state index >= 15 is 0 Å². The molecule has 0 saturated carbocycles. The summed E-state index contributed by atoms with van der Waals surface area (Å²) in [5.74, 6) is -0.559. The molecular formula is C8H3BrFNO2S. The molecule has 2 rings (SSSR count). The van der Waals surface area contributed by atoms with Crippen molar-refractivity contribution in [3.8, 4) is 0 Å². The summed E-state index contributed by atoms with van der Waals surface area (Å²) in [6, 6.07) is 2.75. The van der Waals surface area contributed by atoms with Crippen molar-refractivity contribution in [1.29, 1.82) is 0 Å². The quantitative estimate of drug-likeness (QED) is 0.588. The Hall–Kier alpha value is -1.01. The van der Waals surface area contributed by atoms with Crippen molar-refractivity contribution in [3.05, 3.63) is 37.9 Å². The minimum absolute atomic E-state index is 0.0781. The highest BCUT2D eigenvalue weighted by atomic mass is 79.9. The summed E-state index contributed by atoms with van der Waals surface area (Å²) >= 11 is 4.37. The van der Waals surface area contributed by atoms with E-state index in [1.165, 1.54) is 17.5 Å².